The van der Waals surface area contributed by atoms with E-state index in [1.165, 1.54) is 5.56 Å². The molecule has 1 heterocycles. The molecule has 1 fully saturated rings. The number of aliphatic carboxylic acids is 1. The van der Waals surface area contributed by atoms with Gasteiger partial charge in [-0.25, -0.2) is 0 Å². The maximum atomic E-state index is 11.2. The van der Waals surface area contributed by atoms with Crippen LogP contribution in [0.3, 0.4) is 0 Å². The first-order valence-corrected chi connectivity index (χ1v) is 7.65. The van der Waals surface area contributed by atoms with Crippen molar-refractivity contribution in [2.75, 3.05) is 26.2 Å². The van der Waals surface area contributed by atoms with Gasteiger partial charge in [0.05, 0.1) is 12.0 Å². The molecule has 1 aromatic carbocycles. The topological polar surface area (TPSA) is 49.8 Å². The molecular weight excluding hydrogens is 266 g/mol. The molecule has 1 aromatic rings. The minimum absolute atomic E-state index is 0.533. The number of nitrogens with zero attached hydrogens (tertiary/aromatic N) is 1. The van der Waals surface area contributed by atoms with Crippen LogP contribution in [0.25, 0.3) is 0 Å². The molecule has 0 bridgehead atoms. The first-order chi connectivity index (χ1) is 9.99. The molecule has 2 rings (SSSR count). The molecule has 116 valence electrons. The van der Waals surface area contributed by atoms with Gasteiger partial charge in [-0.05, 0) is 63.9 Å². The van der Waals surface area contributed by atoms with E-state index >= 15 is 0 Å². The second kappa shape index (κ2) is 6.94. The predicted molar refractivity (Wildman–Crippen MR) is 82.7 cm³/mol. The SMILES string of the molecule is Cc1cccc(OCCCN2CCC(C)(C(=O)O)CC2)c1. The zero-order chi connectivity index (χ0) is 15.3. The number of likely N-dealkylation sites (tertiary alicyclic amines) is 1. The molecule has 4 heteroatoms. The Kier molecular flexibility index (Phi) is 5.23. The summed E-state index contributed by atoms with van der Waals surface area (Å²) < 4.78 is 5.74. The van der Waals surface area contributed by atoms with Gasteiger partial charge in [-0.1, -0.05) is 12.1 Å². The lowest BCUT2D eigenvalue weighted by molar-refractivity contribution is -0.150. The standard InChI is InChI=1S/C17H25NO3/c1-14-5-3-6-15(13-14)21-12-4-9-18-10-7-17(2,8-11-18)16(19)20/h3,5-6,13H,4,7-12H2,1-2H3,(H,19,20). The van der Waals surface area contributed by atoms with Gasteiger partial charge in [-0.2, -0.15) is 0 Å². The molecule has 0 radical (unpaired) electrons. The van der Waals surface area contributed by atoms with Crippen molar-refractivity contribution < 1.29 is 14.6 Å². The van der Waals surface area contributed by atoms with Crippen LogP contribution >= 0.6 is 0 Å². The number of aryl methyl sites for hydroxylation is 1. The maximum Gasteiger partial charge on any atom is 0.309 e. The van der Waals surface area contributed by atoms with Crippen LogP contribution in [0.5, 0.6) is 5.75 Å². The summed E-state index contributed by atoms with van der Waals surface area (Å²) in [5, 5.41) is 9.21. The van der Waals surface area contributed by atoms with Crippen molar-refractivity contribution in [3.8, 4) is 5.75 Å². The van der Waals surface area contributed by atoms with Gasteiger partial charge in [0.1, 0.15) is 5.75 Å². The fourth-order valence-corrected chi connectivity index (χ4v) is 2.67. The lowest BCUT2D eigenvalue weighted by Gasteiger charge is -2.36. The fraction of sp³-hybridized carbons (Fsp3) is 0.588. The molecule has 21 heavy (non-hydrogen) atoms. The van der Waals surface area contributed by atoms with Crippen LogP contribution in [0.15, 0.2) is 24.3 Å². The summed E-state index contributed by atoms with van der Waals surface area (Å²) in [7, 11) is 0. The number of hydrogen-bond donors (Lipinski definition) is 1. The zero-order valence-electron chi connectivity index (χ0n) is 13.0. The summed E-state index contributed by atoms with van der Waals surface area (Å²) in [5.74, 6) is 0.261. The van der Waals surface area contributed by atoms with E-state index in [9.17, 15) is 9.90 Å². The van der Waals surface area contributed by atoms with E-state index in [2.05, 4.69) is 17.9 Å². The number of piperidine rings is 1. The van der Waals surface area contributed by atoms with Crippen LogP contribution in [0.4, 0.5) is 0 Å². The lowest BCUT2D eigenvalue weighted by Crippen LogP contribution is -2.43. The van der Waals surface area contributed by atoms with Gasteiger partial charge in [-0.15, -0.1) is 0 Å². The summed E-state index contributed by atoms with van der Waals surface area (Å²) in [5.41, 5.74) is 0.672. The number of rotatable bonds is 6. The van der Waals surface area contributed by atoms with E-state index in [1.54, 1.807) is 0 Å². The third-order valence-corrected chi connectivity index (χ3v) is 4.35. The van der Waals surface area contributed by atoms with Crippen molar-refractivity contribution in [2.45, 2.75) is 33.1 Å². The Balaban J connectivity index is 1.65. The Morgan fingerprint density at radius 3 is 2.71 bits per heavy atom. The first kappa shape index (κ1) is 15.8. The highest BCUT2D eigenvalue weighted by Crippen LogP contribution is 2.30. The van der Waals surface area contributed by atoms with E-state index in [0.717, 1.165) is 44.6 Å². The molecule has 0 unspecified atom stereocenters. The van der Waals surface area contributed by atoms with Gasteiger partial charge in [0, 0.05) is 6.54 Å². The summed E-state index contributed by atoms with van der Waals surface area (Å²) in [6, 6.07) is 8.08. The lowest BCUT2D eigenvalue weighted by atomic mass is 9.80. The molecular formula is C17H25NO3. The average Bonchev–Trinajstić information content (AvgIpc) is 2.45. The summed E-state index contributed by atoms with van der Waals surface area (Å²) in [6.45, 7) is 7.33. The molecule has 0 saturated carbocycles. The van der Waals surface area contributed by atoms with Gasteiger partial charge in [-0.3, -0.25) is 4.79 Å². The van der Waals surface area contributed by atoms with Crippen molar-refractivity contribution in [1.82, 2.24) is 4.90 Å². The summed E-state index contributed by atoms with van der Waals surface area (Å²) in [6.07, 6.45) is 2.44. The van der Waals surface area contributed by atoms with E-state index in [4.69, 9.17) is 4.74 Å². The summed E-state index contributed by atoms with van der Waals surface area (Å²) in [4.78, 5) is 13.5. The maximum absolute atomic E-state index is 11.2. The zero-order valence-corrected chi connectivity index (χ0v) is 13.0. The number of carboxylic acids is 1. The smallest absolute Gasteiger partial charge is 0.309 e. The molecule has 0 spiro atoms. The molecule has 4 nitrogen and oxygen atoms in total. The van der Waals surface area contributed by atoms with E-state index < -0.39 is 11.4 Å². The van der Waals surface area contributed by atoms with Crippen molar-refractivity contribution in [3.05, 3.63) is 29.8 Å². The highest BCUT2D eigenvalue weighted by atomic mass is 16.5. The molecule has 0 atom stereocenters. The van der Waals surface area contributed by atoms with Crippen LogP contribution in [-0.4, -0.2) is 42.2 Å². The Hall–Kier alpha value is -1.55. The van der Waals surface area contributed by atoms with Gasteiger partial charge in [0.25, 0.3) is 0 Å². The Bertz CT molecular complexity index is 479. The highest BCUT2D eigenvalue weighted by Gasteiger charge is 2.36. The van der Waals surface area contributed by atoms with Crippen molar-refractivity contribution in [2.24, 2.45) is 5.41 Å². The van der Waals surface area contributed by atoms with Gasteiger partial charge < -0.3 is 14.7 Å². The quantitative estimate of drug-likeness (QED) is 0.819. The molecule has 1 aliphatic heterocycles. The first-order valence-electron chi connectivity index (χ1n) is 7.65. The van der Waals surface area contributed by atoms with Crippen molar-refractivity contribution >= 4 is 5.97 Å². The normalized spacial score (nSPS) is 18.4. The van der Waals surface area contributed by atoms with Crippen molar-refractivity contribution in [1.29, 1.82) is 0 Å². The monoisotopic (exact) mass is 291 g/mol. The summed E-state index contributed by atoms with van der Waals surface area (Å²) >= 11 is 0. The molecule has 0 aromatic heterocycles. The minimum atomic E-state index is -0.662. The number of ether oxygens (including phenoxy) is 1. The number of carboxylic acid groups (broad SMARTS) is 1. The molecule has 0 aliphatic carbocycles. The number of carbonyl (C=O) groups is 1. The molecule has 1 N–H and O–H groups in total. The Morgan fingerprint density at radius 2 is 2.10 bits per heavy atom. The Labute approximate surface area is 126 Å². The molecule has 1 saturated heterocycles. The average molecular weight is 291 g/mol. The van der Waals surface area contributed by atoms with Crippen LogP contribution in [0, 0.1) is 12.3 Å². The van der Waals surface area contributed by atoms with Gasteiger partial charge in [0.15, 0.2) is 0 Å². The minimum Gasteiger partial charge on any atom is -0.494 e. The highest BCUT2D eigenvalue weighted by molar-refractivity contribution is 5.74. The largest absolute Gasteiger partial charge is 0.494 e. The van der Waals surface area contributed by atoms with E-state index in [0.29, 0.717) is 6.61 Å². The van der Waals surface area contributed by atoms with Crippen LogP contribution in [0.2, 0.25) is 0 Å². The molecule has 1 aliphatic rings. The van der Waals surface area contributed by atoms with Gasteiger partial charge in [0.2, 0.25) is 0 Å². The van der Waals surface area contributed by atoms with Crippen LogP contribution < -0.4 is 4.74 Å². The van der Waals surface area contributed by atoms with Gasteiger partial charge >= 0.3 is 5.97 Å². The van der Waals surface area contributed by atoms with E-state index in [-0.39, 0.29) is 0 Å². The second-order valence-corrected chi connectivity index (χ2v) is 6.23. The van der Waals surface area contributed by atoms with Crippen molar-refractivity contribution in [3.63, 3.8) is 0 Å². The Morgan fingerprint density at radius 1 is 1.38 bits per heavy atom. The third-order valence-electron chi connectivity index (χ3n) is 4.35. The number of benzene rings is 1. The predicted octanol–water partition coefficient (Wildman–Crippen LogP) is 2.95. The van der Waals surface area contributed by atoms with Crippen LogP contribution in [-0.2, 0) is 4.79 Å². The van der Waals surface area contributed by atoms with Crippen LogP contribution in [0.1, 0.15) is 31.7 Å². The fourth-order valence-electron chi connectivity index (χ4n) is 2.67. The third kappa shape index (κ3) is 4.46. The second-order valence-electron chi connectivity index (χ2n) is 6.23. The molecule has 0 amide bonds. The number of hydrogen-bond acceptors (Lipinski definition) is 3. The van der Waals surface area contributed by atoms with E-state index in [1.807, 2.05) is 25.1 Å².